The lowest BCUT2D eigenvalue weighted by atomic mass is 9.72. The number of thiophene rings is 1. The first kappa shape index (κ1) is 32.1. The Labute approximate surface area is 260 Å². The van der Waals surface area contributed by atoms with Gasteiger partial charge in [0.15, 0.2) is 22.5 Å². The van der Waals surface area contributed by atoms with E-state index in [1.165, 1.54) is 34.1 Å². The molecule has 0 fully saturated rings. The normalized spacial score (nSPS) is 14.7. The minimum atomic E-state index is -0.283. The maximum Gasteiger partial charge on any atom is 0.244 e. The molecular formula is C31H38N6O4S2. The molecule has 1 aromatic carbocycles. The van der Waals surface area contributed by atoms with Gasteiger partial charge in [0.05, 0.1) is 32.1 Å². The minimum absolute atomic E-state index is 0.122. The molecule has 0 saturated carbocycles. The molecule has 0 bridgehead atoms. The first-order valence-electron chi connectivity index (χ1n) is 14.1. The number of rotatable bonds is 11. The summed E-state index contributed by atoms with van der Waals surface area (Å²) in [7, 11) is 3.13. The molecule has 2 amide bonds. The molecule has 0 saturated heterocycles. The predicted molar refractivity (Wildman–Crippen MR) is 169 cm³/mol. The lowest BCUT2D eigenvalue weighted by molar-refractivity contribution is -0.116. The van der Waals surface area contributed by atoms with Gasteiger partial charge in [-0.1, -0.05) is 38.6 Å². The van der Waals surface area contributed by atoms with Crippen molar-refractivity contribution in [2.75, 3.05) is 25.3 Å². The number of aromatic nitrogens is 3. The van der Waals surface area contributed by atoms with Crippen LogP contribution in [0.2, 0.25) is 0 Å². The summed E-state index contributed by atoms with van der Waals surface area (Å²) in [5.74, 6) is 1.97. The van der Waals surface area contributed by atoms with Gasteiger partial charge in [-0.15, -0.1) is 21.5 Å². The van der Waals surface area contributed by atoms with Gasteiger partial charge in [-0.25, -0.2) is 0 Å². The Kier molecular flexibility index (Phi) is 10.5. The number of nitriles is 1. The third kappa shape index (κ3) is 7.77. The maximum absolute atomic E-state index is 12.9. The third-order valence-electron chi connectivity index (χ3n) is 7.55. The summed E-state index contributed by atoms with van der Waals surface area (Å²) in [5, 5.41) is 25.3. The van der Waals surface area contributed by atoms with Crippen molar-refractivity contribution >= 4 is 46.0 Å². The molecule has 0 radical (unpaired) electrons. The highest BCUT2D eigenvalue weighted by molar-refractivity contribution is 7.99. The third-order valence-corrected chi connectivity index (χ3v) is 9.69. The SMILES string of the molecule is CCn1c(CNC(=O)C=Cc2ccc(OC)c(OC)c2)nnc1SCC(=O)Nc1sc2c(c1C#N)CCC(C(C)(C)C)C2. The molecule has 1 unspecified atom stereocenters. The van der Waals surface area contributed by atoms with Crippen LogP contribution in [0.25, 0.3) is 6.08 Å². The lowest BCUT2D eigenvalue weighted by Gasteiger charge is -2.33. The largest absolute Gasteiger partial charge is 0.493 e. The molecule has 4 rings (SSSR count). The van der Waals surface area contributed by atoms with Crippen LogP contribution in [0.3, 0.4) is 0 Å². The summed E-state index contributed by atoms with van der Waals surface area (Å²) in [4.78, 5) is 26.6. The number of hydrogen-bond acceptors (Lipinski definition) is 9. The summed E-state index contributed by atoms with van der Waals surface area (Å²) in [6.07, 6.45) is 5.98. The van der Waals surface area contributed by atoms with Gasteiger partial charge in [-0.05, 0) is 66.9 Å². The second kappa shape index (κ2) is 14.1. The van der Waals surface area contributed by atoms with Crippen LogP contribution in [0.5, 0.6) is 11.5 Å². The average Bonchev–Trinajstić information content (AvgIpc) is 3.56. The highest BCUT2D eigenvalue weighted by Crippen LogP contribution is 2.44. The molecule has 0 spiro atoms. The van der Waals surface area contributed by atoms with E-state index in [1.54, 1.807) is 32.4 Å². The molecule has 2 N–H and O–H groups in total. The number of hydrogen-bond donors (Lipinski definition) is 2. The van der Waals surface area contributed by atoms with Gasteiger partial charge in [0.2, 0.25) is 11.8 Å². The fourth-order valence-electron chi connectivity index (χ4n) is 5.05. The van der Waals surface area contributed by atoms with Crippen LogP contribution >= 0.6 is 23.1 Å². The zero-order valence-corrected chi connectivity index (χ0v) is 27.1. The van der Waals surface area contributed by atoms with Gasteiger partial charge in [0, 0.05) is 17.5 Å². The molecule has 12 heteroatoms. The van der Waals surface area contributed by atoms with E-state index >= 15 is 0 Å². The Morgan fingerprint density at radius 3 is 2.67 bits per heavy atom. The van der Waals surface area contributed by atoms with Crippen LogP contribution in [0.4, 0.5) is 5.00 Å². The number of fused-ring (bicyclic) bond motifs is 1. The number of carbonyl (C=O) groups excluding carboxylic acids is 2. The second-order valence-electron chi connectivity index (χ2n) is 11.3. The fourth-order valence-corrected chi connectivity index (χ4v) is 7.17. The summed E-state index contributed by atoms with van der Waals surface area (Å²) in [6.45, 7) is 9.49. The Morgan fingerprint density at radius 1 is 1.23 bits per heavy atom. The Hall–Kier alpha value is -3.82. The van der Waals surface area contributed by atoms with E-state index in [0.29, 0.717) is 45.5 Å². The van der Waals surface area contributed by atoms with Crippen LogP contribution < -0.4 is 20.1 Å². The second-order valence-corrected chi connectivity index (χ2v) is 13.3. The Bertz CT molecular complexity index is 1550. The van der Waals surface area contributed by atoms with Gasteiger partial charge in [-0.2, -0.15) is 5.26 Å². The van der Waals surface area contributed by atoms with Crippen LogP contribution in [0.1, 0.15) is 61.5 Å². The Morgan fingerprint density at radius 2 is 2.00 bits per heavy atom. The molecule has 1 aliphatic carbocycles. The zero-order valence-electron chi connectivity index (χ0n) is 25.4. The van der Waals surface area contributed by atoms with Gasteiger partial charge >= 0.3 is 0 Å². The average molecular weight is 623 g/mol. The molecule has 2 heterocycles. The zero-order chi connectivity index (χ0) is 31.1. The van der Waals surface area contributed by atoms with Crippen LogP contribution in [0.15, 0.2) is 29.4 Å². The molecule has 2 aromatic heterocycles. The first-order valence-corrected chi connectivity index (χ1v) is 15.9. The van der Waals surface area contributed by atoms with Crippen molar-refractivity contribution in [2.45, 2.75) is 65.2 Å². The highest BCUT2D eigenvalue weighted by Gasteiger charge is 2.32. The minimum Gasteiger partial charge on any atom is -0.493 e. The van der Waals surface area contributed by atoms with Crippen molar-refractivity contribution in [1.82, 2.24) is 20.1 Å². The number of benzene rings is 1. The number of ether oxygens (including phenoxy) is 2. The standard InChI is InChI=1S/C31H38N6O4S2/c1-7-37-26(17-33-27(38)13-9-19-8-12-23(40-5)24(14-19)41-6)35-36-30(37)42-18-28(39)34-29-22(16-32)21-11-10-20(31(2,3)4)15-25(21)43-29/h8-9,12-14,20H,7,10-11,15,17-18H2,1-6H3,(H,33,38)(H,34,39). The molecule has 3 aromatic rings. The van der Waals surface area contributed by atoms with Gasteiger partial charge in [0.1, 0.15) is 11.1 Å². The first-order chi connectivity index (χ1) is 20.6. The van der Waals surface area contributed by atoms with E-state index < -0.39 is 0 Å². The fraction of sp³-hybridized carbons (Fsp3) is 0.452. The molecule has 43 heavy (non-hydrogen) atoms. The summed E-state index contributed by atoms with van der Waals surface area (Å²) >= 11 is 2.80. The number of thioether (sulfide) groups is 1. The number of nitrogens with one attached hydrogen (secondary N) is 2. The van der Waals surface area contributed by atoms with Crippen LogP contribution in [-0.4, -0.2) is 46.6 Å². The monoisotopic (exact) mass is 622 g/mol. The van der Waals surface area contributed by atoms with Crippen molar-refractivity contribution in [2.24, 2.45) is 11.3 Å². The lowest BCUT2D eigenvalue weighted by Crippen LogP contribution is -2.26. The van der Waals surface area contributed by atoms with E-state index in [4.69, 9.17) is 9.47 Å². The molecule has 10 nitrogen and oxygen atoms in total. The van der Waals surface area contributed by atoms with Gasteiger partial charge in [0.25, 0.3) is 0 Å². The van der Waals surface area contributed by atoms with Gasteiger partial charge < -0.3 is 24.7 Å². The molecule has 1 atom stereocenters. The summed E-state index contributed by atoms with van der Waals surface area (Å²) in [6, 6.07) is 7.71. The number of anilines is 1. The van der Waals surface area contributed by atoms with Crippen molar-refractivity contribution in [3.63, 3.8) is 0 Å². The molecule has 228 valence electrons. The Balaban J connectivity index is 1.32. The number of nitrogens with zero attached hydrogens (tertiary/aromatic N) is 4. The predicted octanol–water partition coefficient (Wildman–Crippen LogP) is 5.46. The molecule has 1 aliphatic rings. The number of amides is 2. The van der Waals surface area contributed by atoms with E-state index in [0.717, 1.165) is 30.4 Å². The quantitative estimate of drug-likeness (QED) is 0.213. The van der Waals surface area contributed by atoms with E-state index in [2.05, 4.69) is 47.7 Å². The topological polar surface area (TPSA) is 131 Å². The number of carbonyl (C=O) groups is 2. The number of methoxy groups -OCH3 is 2. The van der Waals surface area contributed by atoms with Gasteiger partial charge in [-0.3, -0.25) is 9.59 Å². The summed E-state index contributed by atoms with van der Waals surface area (Å²) < 4.78 is 12.4. The van der Waals surface area contributed by atoms with Crippen LogP contribution in [0, 0.1) is 22.7 Å². The summed E-state index contributed by atoms with van der Waals surface area (Å²) in [5.41, 5.74) is 2.68. The highest BCUT2D eigenvalue weighted by atomic mass is 32.2. The van der Waals surface area contributed by atoms with E-state index in [-0.39, 0.29) is 29.5 Å². The van der Waals surface area contributed by atoms with Crippen molar-refractivity contribution in [1.29, 1.82) is 5.26 Å². The van der Waals surface area contributed by atoms with Crippen LogP contribution in [-0.2, 0) is 35.5 Å². The molecular weight excluding hydrogens is 585 g/mol. The van der Waals surface area contributed by atoms with Crippen molar-refractivity contribution in [3.8, 4) is 17.6 Å². The maximum atomic E-state index is 12.9. The van der Waals surface area contributed by atoms with E-state index in [1.807, 2.05) is 17.6 Å². The smallest absolute Gasteiger partial charge is 0.244 e. The van der Waals surface area contributed by atoms with Crippen molar-refractivity contribution in [3.05, 3.63) is 51.7 Å². The molecule has 0 aliphatic heterocycles. The van der Waals surface area contributed by atoms with Crippen molar-refractivity contribution < 1.29 is 19.1 Å². The van der Waals surface area contributed by atoms with E-state index in [9.17, 15) is 14.9 Å².